The van der Waals surface area contributed by atoms with Gasteiger partial charge in [-0.2, -0.15) is 0 Å². The third-order valence-electron chi connectivity index (χ3n) is 4.41. The highest BCUT2D eigenvalue weighted by Gasteiger charge is 2.27. The van der Waals surface area contributed by atoms with Gasteiger partial charge in [0.05, 0.1) is 12.3 Å². The maximum absolute atomic E-state index is 12.2. The molecule has 0 unspecified atom stereocenters. The number of rotatable bonds is 6. The predicted octanol–water partition coefficient (Wildman–Crippen LogP) is 3.80. The van der Waals surface area contributed by atoms with Gasteiger partial charge < -0.3 is 24.8 Å². The molecule has 1 aromatic rings. The van der Waals surface area contributed by atoms with Crippen LogP contribution in [0.4, 0.5) is 10.5 Å². The first-order valence-corrected chi connectivity index (χ1v) is 9.29. The highest BCUT2D eigenvalue weighted by atomic mass is 16.6. The van der Waals surface area contributed by atoms with Crippen LogP contribution in [-0.2, 0) is 9.47 Å². The number of hydrogen-bond donors (Lipinski definition) is 1. The van der Waals surface area contributed by atoms with Gasteiger partial charge in [-0.1, -0.05) is 6.07 Å². The number of hydrogen-bond acceptors (Lipinski definition) is 5. The molecule has 1 heterocycles. The summed E-state index contributed by atoms with van der Waals surface area (Å²) in [6.07, 6.45) is 2.42. The SMILES string of the molecule is COCCCOc1cc(C2CCN(C(=O)OC(C)(C)C)CC2)ccc1N. The average molecular weight is 364 g/mol. The Labute approximate surface area is 156 Å². The third kappa shape index (κ3) is 6.09. The van der Waals surface area contributed by atoms with Gasteiger partial charge in [0.1, 0.15) is 11.4 Å². The molecule has 0 aromatic heterocycles. The number of anilines is 1. The van der Waals surface area contributed by atoms with Crippen LogP contribution < -0.4 is 10.5 Å². The van der Waals surface area contributed by atoms with Gasteiger partial charge in [0.2, 0.25) is 0 Å². The normalized spacial score (nSPS) is 15.8. The molecule has 26 heavy (non-hydrogen) atoms. The van der Waals surface area contributed by atoms with E-state index in [1.54, 1.807) is 12.0 Å². The maximum atomic E-state index is 12.2. The monoisotopic (exact) mass is 364 g/mol. The van der Waals surface area contributed by atoms with Crippen molar-refractivity contribution < 1.29 is 19.0 Å². The largest absolute Gasteiger partial charge is 0.491 e. The minimum absolute atomic E-state index is 0.226. The van der Waals surface area contributed by atoms with Crippen molar-refractivity contribution in [1.29, 1.82) is 0 Å². The number of carbonyl (C=O) groups excluding carboxylic acids is 1. The molecule has 0 spiro atoms. The Hall–Kier alpha value is -1.95. The van der Waals surface area contributed by atoms with Gasteiger partial charge in [-0.15, -0.1) is 0 Å². The first-order valence-electron chi connectivity index (χ1n) is 9.29. The van der Waals surface area contributed by atoms with Crippen molar-refractivity contribution in [3.8, 4) is 5.75 Å². The van der Waals surface area contributed by atoms with Crippen molar-refractivity contribution in [1.82, 2.24) is 4.90 Å². The molecule has 2 N–H and O–H groups in total. The summed E-state index contributed by atoms with van der Waals surface area (Å²) in [6, 6.07) is 6.00. The Bertz CT molecular complexity index is 590. The molecule has 0 atom stereocenters. The molecule has 1 fully saturated rings. The number of amides is 1. The fourth-order valence-electron chi connectivity index (χ4n) is 3.04. The van der Waals surface area contributed by atoms with Crippen LogP contribution >= 0.6 is 0 Å². The number of methoxy groups -OCH3 is 1. The lowest BCUT2D eigenvalue weighted by atomic mass is 9.89. The summed E-state index contributed by atoms with van der Waals surface area (Å²) in [6.45, 7) is 8.32. The number of nitrogens with two attached hydrogens (primary N) is 1. The van der Waals surface area contributed by atoms with Crippen molar-refractivity contribution >= 4 is 11.8 Å². The highest BCUT2D eigenvalue weighted by molar-refractivity contribution is 5.68. The second kappa shape index (κ2) is 9.12. The molecule has 1 saturated heterocycles. The van der Waals surface area contributed by atoms with E-state index in [0.29, 0.717) is 37.9 Å². The molecule has 0 bridgehead atoms. The van der Waals surface area contributed by atoms with Crippen LogP contribution in [-0.4, -0.2) is 50.0 Å². The fourth-order valence-corrected chi connectivity index (χ4v) is 3.04. The van der Waals surface area contributed by atoms with Crippen molar-refractivity contribution in [2.45, 2.75) is 51.6 Å². The summed E-state index contributed by atoms with van der Waals surface area (Å²) in [5, 5.41) is 0. The predicted molar refractivity (Wildman–Crippen MR) is 103 cm³/mol. The van der Waals surface area contributed by atoms with Crippen molar-refractivity contribution in [3.05, 3.63) is 23.8 Å². The van der Waals surface area contributed by atoms with Gasteiger partial charge in [0, 0.05) is 33.2 Å². The Morgan fingerprint density at radius 3 is 2.54 bits per heavy atom. The summed E-state index contributed by atoms with van der Waals surface area (Å²) in [7, 11) is 1.68. The topological polar surface area (TPSA) is 74.0 Å². The second-order valence-corrected chi connectivity index (χ2v) is 7.73. The van der Waals surface area contributed by atoms with Crippen LogP contribution in [0.1, 0.15) is 51.5 Å². The van der Waals surface area contributed by atoms with Crippen molar-refractivity contribution in [3.63, 3.8) is 0 Å². The van der Waals surface area contributed by atoms with Crippen molar-refractivity contribution in [2.75, 3.05) is 39.1 Å². The summed E-state index contributed by atoms with van der Waals surface area (Å²) in [5.74, 6) is 1.13. The van der Waals surface area contributed by atoms with E-state index in [-0.39, 0.29) is 6.09 Å². The van der Waals surface area contributed by atoms with E-state index in [1.807, 2.05) is 32.9 Å². The van der Waals surface area contributed by atoms with Crippen LogP contribution in [0.25, 0.3) is 0 Å². The smallest absolute Gasteiger partial charge is 0.410 e. The Balaban J connectivity index is 1.91. The van der Waals surface area contributed by atoms with Gasteiger partial charge in [-0.05, 0) is 57.2 Å². The Morgan fingerprint density at radius 2 is 1.92 bits per heavy atom. The molecule has 6 nitrogen and oxygen atoms in total. The molecule has 0 saturated carbocycles. The standard InChI is InChI=1S/C20H32N2O4/c1-20(2,3)26-19(23)22-10-8-15(9-11-22)16-6-7-17(21)18(14-16)25-13-5-12-24-4/h6-7,14-15H,5,8-13,21H2,1-4H3. The summed E-state index contributed by atoms with van der Waals surface area (Å²) in [4.78, 5) is 14.0. The minimum Gasteiger partial charge on any atom is -0.491 e. The maximum Gasteiger partial charge on any atom is 0.410 e. The molecule has 1 aliphatic heterocycles. The van der Waals surface area contributed by atoms with E-state index < -0.39 is 5.60 Å². The van der Waals surface area contributed by atoms with E-state index in [4.69, 9.17) is 19.9 Å². The first kappa shape index (κ1) is 20.4. The molecular weight excluding hydrogens is 332 g/mol. The third-order valence-corrected chi connectivity index (χ3v) is 4.41. The van der Waals surface area contributed by atoms with Crippen molar-refractivity contribution in [2.24, 2.45) is 0 Å². The quantitative estimate of drug-likeness (QED) is 0.614. The molecule has 1 amide bonds. The number of piperidine rings is 1. The summed E-state index contributed by atoms with van der Waals surface area (Å²) < 4.78 is 16.3. The Morgan fingerprint density at radius 1 is 1.23 bits per heavy atom. The lowest BCUT2D eigenvalue weighted by Gasteiger charge is -2.33. The van der Waals surface area contributed by atoms with Crippen LogP contribution in [0.2, 0.25) is 0 Å². The van der Waals surface area contributed by atoms with Gasteiger partial charge >= 0.3 is 6.09 Å². The lowest BCUT2D eigenvalue weighted by molar-refractivity contribution is 0.0205. The van der Waals surface area contributed by atoms with Gasteiger partial charge in [0.25, 0.3) is 0 Å². The molecule has 6 heteroatoms. The van der Waals surface area contributed by atoms with Gasteiger partial charge in [0.15, 0.2) is 0 Å². The van der Waals surface area contributed by atoms with Gasteiger partial charge in [-0.25, -0.2) is 4.79 Å². The second-order valence-electron chi connectivity index (χ2n) is 7.73. The molecule has 1 aliphatic rings. The van der Waals surface area contributed by atoms with E-state index in [0.717, 1.165) is 25.0 Å². The average Bonchev–Trinajstić information content (AvgIpc) is 2.59. The van der Waals surface area contributed by atoms with Gasteiger partial charge in [-0.3, -0.25) is 0 Å². The van der Waals surface area contributed by atoms with Crippen LogP contribution in [0.15, 0.2) is 18.2 Å². The van der Waals surface area contributed by atoms with E-state index >= 15 is 0 Å². The van der Waals surface area contributed by atoms with Crippen LogP contribution in [0.5, 0.6) is 5.75 Å². The molecule has 1 aromatic carbocycles. The number of nitrogens with zero attached hydrogens (tertiary/aromatic N) is 1. The number of ether oxygens (including phenoxy) is 3. The number of carbonyl (C=O) groups is 1. The zero-order chi connectivity index (χ0) is 19.2. The summed E-state index contributed by atoms with van der Waals surface area (Å²) >= 11 is 0. The molecular formula is C20H32N2O4. The minimum atomic E-state index is -0.458. The molecule has 0 radical (unpaired) electrons. The van der Waals surface area contributed by atoms with E-state index in [1.165, 1.54) is 5.56 Å². The number of nitrogen functional groups attached to an aromatic ring is 1. The zero-order valence-corrected chi connectivity index (χ0v) is 16.4. The fraction of sp³-hybridized carbons (Fsp3) is 0.650. The first-order chi connectivity index (χ1) is 12.3. The number of benzene rings is 1. The van der Waals surface area contributed by atoms with E-state index in [9.17, 15) is 4.79 Å². The zero-order valence-electron chi connectivity index (χ0n) is 16.4. The molecule has 2 rings (SSSR count). The lowest BCUT2D eigenvalue weighted by Crippen LogP contribution is -2.41. The molecule has 0 aliphatic carbocycles. The highest BCUT2D eigenvalue weighted by Crippen LogP contribution is 2.33. The van der Waals surface area contributed by atoms with E-state index in [2.05, 4.69) is 6.07 Å². The van der Waals surface area contributed by atoms with Crippen LogP contribution in [0.3, 0.4) is 0 Å². The number of likely N-dealkylation sites (tertiary alicyclic amines) is 1. The summed E-state index contributed by atoms with van der Waals surface area (Å²) in [5.41, 5.74) is 7.43. The Kier molecular flexibility index (Phi) is 7.14. The van der Waals surface area contributed by atoms with Crippen LogP contribution in [0, 0.1) is 0 Å². The molecule has 146 valence electrons.